The van der Waals surface area contributed by atoms with Crippen LogP contribution in [-0.4, -0.2) is 40.0 Å². The van der Waals surface area contributed by atoms with Gasteiger partial charge in [0.1, 0.15) is 17.7 Å². The highest BCUT2D eigenvalue weighted by atomic mass is 16.6. The first kappa shape index (κ1) is 33.9. The molecule has 0 aliphatic heterocycles. The van der Waals surface area contributed by atoms with Gasteiger partial charge in [-0.05, 0) is 91.3 Å². The smallest absolute Gasteiger partial charge is 0.408 e. The van der Waals surface area contributed by atoms with Crippen molar-refractivity contribution in [1.82, 2.24) is 10.2 Å². The lowest BCUT2D eigenvalue weighted by Gasteiger charge is -2.45. The molecule has 3 unspecified atom stereocenters. The highest BCUT2D eigenvalue weighted by molar-refractivity contribution is 6.00. The van der Waals surface area contributed by atoms with Crippen molar-refractivity contribution in [2.45, 2.75) is 119 Å². The number of carbonyl (C=O) groups excluding carboxylic acids is 3. The minimum absolute atomic E-state index is 0.202. The van der Waals surface area contributed by atoms with Gasteiger partial charge in [0.2, 0.25) is 5.91 Å². The van der Waals surface area contributed by atoms with Crippen LogP contribution in [0.25, 0.3) is 0 Å². The molecule has 2 N–H and O–H groups in total. The van der Waals surface area contributed by atoms with Crippen molar-refractivity contribution >= 4 is 23.6 Å². The summed E-state index contributed by atoms with van der Waals surface area (Å²) in [5.74, 6) is -0.827. The Morgan fingerprint density at radius 3 is 1.90 bits per heavy atom. The van der Waals surface area contributed by atoms with Crippen LogP contribution >= 0.6 is 0 Å². The molecule has 0 saturated heterocycles. The van der Waals surface area contributed by atoms with Crippen LogP contribution in [0.3, 0.4) is 0 Å². The zero-order valence-electron chi connectivity index (χ0n) is 27.2. The van der Waals surface area contributed by atoms with Crippen molar-refractivity contribution in [2.24, 2.45) is 5.92 Å². The number of carbonyl (C=O) groups is 3. The maximum Gasteiger partial charge on any atom is 0.408 e. The number of benzene rings is 2. The van der Waals surface area contributed by atoms with Crippen molar-refractivity contribution in [1.29, 1.82) is 0 Å². The number of ether oxygens (including phenoxy) is 1. The first-order valence-corrected chi connectivity index (χ1v) is 14.7. The van der Waals surface area contributed by atoms with Crippen LogP contribution in [0.4, 0.5) is 10.5 Å². The number of nitrogens with one attached hydrogen (secondary N) is 2. The van der Waals surface area contributed by atoms with E-state index in [1.54, 1.807) is 25.7 Å². The molecule has 2 aromatic carbocycles. The highest BCUT2D eigenvalue weighted by Crippen LogP contribution is 2.35. The summed E-state index contributed by atoms with van der Waals surface area (Å²) < 4.78 is 5.53. The number of para-hydroxylation sites is 1. The number of anilines is 1. The molecule has 7 heteroatoms. The van der Waals surface area contributed by atoms with Crippen LogP contribution in [0.2, 0.25) is 0 Å². The fraction of sp³-hybridized carbons (Fsp3) is 0.559. The van der Waals surface area contributed by atoms with E-state index < -0.39 is 29.3 Å². The molecule has 0 fully saturated rings. The highest BCUT2D eigenvalue weighted by Gasteiger charge is 2.44. The Hall–Kier alpha value is -3.35. The van der Waals surface area contributed by atoms with Crippen molar-refractivity contribution in [2.75, 3.05) is 5.32 Å². The molecule has 2 aromatic rings. The van der Waals surface area contributed by atoms with Gasteiger partial charge in [-0.3, -0.25) is 9.59 Å². The summed E-state index contributed by atoms with van der Waals surface area (Å²) in [6.07, 6.45) is 0.583. The molecule has 2 rings (SSSR count). The largest absolute Gasteiger partial charge is 0.444 e. The summed E-state index contributed by atoms with van der Waals surface area (Å²) in [4.78, 5) is 43.7. The third-order valence-electron chi connectivity index (χ3n) is 7.70. The van der Waals surface area contributed by atoms with Crippen molar-refractivity contribution in [3.63, 3.8) is 0 Å². The number of hydrogen-bond acceptors (Lipinski definition) is 4. The second-order valence-corrected chi connectivity index (χ2v) is 13.0. The van der Waals surface area contributed by atoms with Gasteiger partial charge < -0.3 is 20.3 Å². The Kier molecular flexibility index (Phi) is 11.2. The molecule has 0 radical (unpaired) electrons. The van der Waals surface area contributed by atoms with E-state index in [2.05, 4.69) is 10.6 Å². The van der Waals surface area contributed by atoms with Crippen LogP contribution in [0, 0.1) is 33.6 Å². The number of nitrogens with zero attached hydrogens (tertiary/aromatic N) is 1. The first-order chi connectivity index (χ1) is 18.9. The molecule has 0 spiro atoms. The molecule has 7 nitrogen and oxygen atoms in total. The molecule has 0 aliphatic carbocycles. The molecule has 0 aliphatic rings. The lowest BCUT2D eigenvalue weighted by molar-refractivity contribution is -0.148. The molecule has 41 heavy (non-hydrogen) atoms. The van der Waals surface area contributed by atoms with Gasteiger partial charge >= 0.3 is 6.09 Å². The lowest BCUT2D eigenvalue weighted by Crippen LogP contribution is -2.60. The fourth-order valence-electron chi connectivity index (χ4n) is 5.00. The number of aryl methyl sites for hydroxylation is 4. The van der Waals surface area contributed by atoms with Crippen LogP contribution in [0.15, 0.2) is 36.4 Å². The molecule has 0 saturated carbocycles. The first-order valence-electron chi connectivity index (χ1n) is 14.7. The van der Waals surface area contributed by atoms with E-state index in [1.165, 1.54) is 0 Å². The fourth-order valence-corrected chi connectivity index (χ4v) is 5.00. The van der Waals surface area contributed by atoms with Gasteiger partial charge in [-0.2, -0.15) is 0 Å². The predicted molar refractivity (Wildman–Crippen MR) is 167 cm³/mol. The third-order valence-corrected chi connectivity index (χ3v) is 7.70. The second-order valence-electron chi connectivity index (χ2n) is 13.0. The Labute approximate surface area is 247 Å². The Bertz CT molecular complexity index is 1200. The minimum Gasteiger partial charge on any atom is -0.444 e. The summed E-state index contributed by atoms with van der Waals surface area (Å²) >= 11 is 0. The summed E-state index contributed by atoms with van der Waals surface area (Å²) in [6.45, 7) is 23.1. The van der Waals surface area contributed by atoms with E-state index in [1.807, 2.05) is 98.7 Å². The summed E-state index contributed by atoms with van der Waals surface area (Å²) in [6, 6.07) is 10.0. The summed E-state index contributed by atoms with van der Waals surface area (Å²) in [7, 11) is 0. The van der Waals surface area contributed by atoms with Crippen molar-refractivity contribution < 1.29 is 19.1 Å². The van der Waals surface area contributed by atoms with Gasteiger partial charge in [0, 0.05) is 11.2 Å². The third kappa shape index (κ3) is 8.82. The lowest BCUT2D eigenvalue weighted by atomic mass is 9.88. The Balaban J connectivity index is 2.75. The monoisotopic (exact) mass is 565 g/mol. The molecule has 226 valence electrons. The zero-order chi connectivity index (χ0) is 31.3. The predicted octanol–water partition coefficient (Wildman–Crippen LogP) is 7.56. The van der Waals surface area contributed by atoms with Gasteiger partial charge in [-0.25, -0.2) is 4.79 Å². The average Bonchev–Trinajstić information content (AvgIpc) is 2.85. The van der Waals surface area contributed by atoms with Gasteiger partial charge in [0.15, 0.2) is 0 Å². The van der Waals surface area contributed by atoms with E-state index in [0.717, 1.165) is 33.5 Å². The average molecular weight is 566 g/mol. The molecule has 3 amide bonds. The Morgan fingerprint density at radius 1 is 0.902 bits per heavy atom. The standard InChI is InChI=1S/C34H51N3O4/c1-13-23(5)28(36-32(40)41-33(8,9)10)31(39)37(34(11,12)14-2)29(26-19-21(3)18-22(4)20-26)30(38)35-27-24(6)16-15-17-25(27)7/h15-20,23,28-29H,13-14H2,1-12H3,(H,35,38)(H,36,40). The van der Waals surface area contributed by atoms with Gasteiger partial charge in [0.05, 0.1) is 0 Å². The van der Waals surface area contributed by atoms with E-state index in [9.17, 15) is 14.4 Å². The van der Waals surface area contributed by atoms with Crippen LogP contribution in [0.1, 0.15) is 102 Å². The molecule has 0 aromatic heterocycles. The van der Waals surface area contributed by atoms with E-state index in [0.29, 0.717) is 12.8 Å². The van der Waals surface area contributed by atoms with E-state index in [-0.39, 0.29) is 17.7 Å². The van der Waals surface area contributed by atoms with Crippen molar-refractivity contribution in [3.05, 3.63) is 64.2 Å². The van der Waals surface area contributed by atoms with Gasteiger partial charge in [0.25, 0.3) is 5.91 Å². The summed E-state index contributed by atoms with van der Waals surface area (Å²) in [5, 5.41) is 6.01. The number of rotatable bonds is 10. The number of amides is 3. The maximum atomic E-state index is 14.7. The number of hydrogen-bond donors (Lipinski definition) is 2. The second kappa shape index (κ2) is 13.5. The summed E-state index contributed by atoms with van der Waals surface area (Å²) in [5.41, 5.74) is 3.89. The van der Waals surface area contributed by atoms with Crippen LogP contribution in [-0.2, 0) is 14.3 Å². The SMILES string of the molecule is CCC(C)C(NC(=O)OC(C)(C)C)C(=O)N(C(C(=O)Nc1c(C)cccc1C)c1cc(C)cc(C)c1)C(C)(C)CC. The normalized spacial score (nSPS) is 14.0. The quantitative estimate of drug-likeness (QED) is 0.311. The molecular formula is C34H51N3O4. The van der Waals surface area contributed by atoms with Gasteiger partial charge in [-0.1, -0.05) is 74.7 Å². The topological polar surface area (TPSA) is 87.7 Å². The van der Waals surface area contributed by atoms with E-state index in [4.69, 9.17) is 4.74 Å². The van der Waals surface area contributed by atoms with Crippen LogP contribution in [0.5, 0.6) is 0 Å². The van der Waals surface area contributed by atoms with Crippen molar-refractivity contribution in [3.8, 4) is 0 Å². The molecule has 0 heterocycles. The van der Waals surface area contributed by atoms with Crippen LogP contribution < -0.4 is 10.6 Å². The molecule has 0 bridgehead atoms. The minimum atomic E-state index is -0.943. The molecule has 3 atom stereocenters. The zero-order valence-corrected chi connectivity index (χ0v) is 27.2. The molecular weight excluding hydrogens is 514 g/mol. The van der Waals surface area contributed by atoms with Gasteiger partial charge in [-0.15, -0.1) is 0 Å². The number of alkyl carbamates (subject to hydrolysis) is 1. The van der Waals surface area contributed by atoms with E-state index >= 15 is 0 Å². The maximum absolute atomic E-state index is 14.7. The Morgan fingerprint density at radius 2 is 1.44 bits per heavy atom.